The first-order valence-corrected chi connectivity index (χ1v) is 10.4. The average molecular weight is 460 g/mol. The first kappa shape index (κ1) is 22.7. The van der Waals surface area contributed by atoms with Crippen molar-refractivity contribution in [3.63, 3.8) is 0 Å². The third-order valence-electron chi connectivity index (χ3n) is 5.78. The van der Waals surface area contributed by atoms with Crippen LogP contribution in [0.25, 0.3) is 0 Å². The molecule has 3 heterocycles. The van der Waals surface area contributed by atoms with Crippen LogP contribution in [0.3, 0.4) is 0 Å². The van der Waals surface area contributed by atoms with E-state index < -0.39 is 5.92 Å². The van der Waals surface area contributed by atoms with E-state index in [0.717, 1.165) is 5.69 Å². The Kier molecular flexibility index (Phi) is 6.15. The number of aryl methyl sites for hydroxylation is 1. The van der Waals surface area contributed by atoms with Crippen LogP contribution in [-0.2, 0) is 6.54 Å². The molecule has 1 atom stereocenters. The second-order valence-electron chi connectivity index (χ2n) is 7.65. The number of fused-ring (bicyclic) bond motifs is 1. The topological polar surface area (TPSA) is 122 Å². The molecule has 0 fully saturated rings. The minimum Gasteiger partial charge on any atom is -0.496 e. The molecule has 0 unspecified atom stereocenters. The number of hydrogen-bond acceptors (Lipinski definition) is 8. The highest BCUT2D eigenvalue weighted by Gasteiger charge is 2.36. The predicted molar refractivity (Wildman–Crippen MR) is 124 cm³/mol. The smallest absolute Gasteiger partial charge is 0.259 e. The zero-order valence-corrected chi connectivity index (χ0v) is 19.3. The van der Waals surface area contributed by atoms with E-state index in [4.69, 9.17) is 24.7 Å². The van der Waals surface area contributed by atoms with Crippen LogP contribution in [0.1, 0.15) is 28.4 Å². The van der Waals surface area contributed by atoms with E-state index in [0.29, 0.717) is 28.5 Å². The number of allylic oxidation sites excluding steroid dienone is 1. The molecule has 0 saturated carbocycles. The van der Waals surface area contributed by atoms with Crippen LogP contribution < -0.4 is 30.2 Å². The van der Waals surface area contributed by atoms with E-state index >= 15 is 0 Å². The van der Waals surface area contributed by atoms with Gasteiger partial charge in [-0.25, -0.2) is 0 Å². The molecule has 2 aromatic heterocycles. The van der Waals surface area contributed by atoms with Crippen molar-refractivity contribution in [1.82, 2.24) is 9.55 Å². The SMILES string of the molecule is COc1cc(OC)c([C@H]2C(C#N)=C(N)Oc3cc(C)n(Cc4ccccn4)c(=O)c32)cc1OC. The first-order chi connectivity index (χ1) is 16.4. The maximum Gasteiger partial charge on any atom is 0.259 e. The zero-order valence-electron chi connectivity index (χ0n) is 19.3. The highest BCUT2D eigenvalue weighted by atomic mass is 16.5. The summed E-state index contributed by atoms with van der Waals surface area (Å²) in [5.74, 6) is 0.653. The fourth-order valence-corrected chi connectivity index (χ4v) is 4.13. The Bertz CT molecular complexity index is 1370. The lowest BCUT2D eigenvalue weighted by Crippen LogP contribution is -2.33. The predicted octanol–water partition coefficient (Wildman–Crippen LogP) is 2.84. The summed E-state index contributed by atoms with van der Waals surface area (Å²) in [6, 6.07) is 12.7. The molecule has 9 heteroatoms. The van der Waals surface area contributed by atoms with Crippen molar-refractivity contribution in [2.45, 2.75) is 19.4 Å². The van der Waals surface area contributed by atoms with Gasteiger partial charge in [-0.15, -0.1) is 0 Å². The van der Waals surface area contributed by atoms with Crippen molar-refractivity contribution in [3.8, 4) is 29.1 Å². The third-order valence-corrected chi connectivity index (χ3v) is 5.78. The van der Waals surface area contributed by atoms with E-state index in [-0.39, 0.29) is 34.9 Å². The lowest BCUT2D eigenvalue weighted by atomic mass is 9.83. The molecule has 0 saturated heterocycles. The zero-order chi connectivity index (χ0) is 24.4. The number of nitrogens with zero attached hydrogens (tertiary/aromatic N) is 3. The molecule has 3 aromatic rings. The highest BCUT2D eigenvalue weighted by molar-refractivity contribution is 5.61. The fraction of sp³-hybridized carbons (Fsp3) is 0.240. The van der Waals surface area contributed by atoms with Crippen molar-refractivity contribution < 1.29 is 18.9 Å². The molecule has 0 radical (unpaired) electrons. The summed E-state index contributed by atoms with van der Waals surface area (Å²) in [5, 5.41) is 9.98. The molecule has 9 nitrogen and oxygen atoms in total. The number of ether oxygens (including phenoxy) is 4. The second-order valence-corrected chi connectivity index (χ2v) is 7.65. The molecule has 1 aromatic carbocycles. The molecule has 0 amide bonds. The van der Waals surface area contributed by atoms with Gasteiger partial charge in [0.15, 0.2) is 11.5 Å². The summed E-state index contributed by atoms with van der Waals surface area (Å²) in [7, 11) is 4.52. The van der Waals surface area contributed by atoms with Crippen molar-refractivity contribution in [2.75, 3.05) is 21.3 Å². The Morgan fingerprint density at radius 3 is 2.44 bits per heavy atom. The molecule has 0 bridgehead atoms. The van der Waals surface area contributed by atoms with Gasteiger partial charge < -0.3 is 29.2 Å². The number of pyridine rings is 2. The van der Waals surface area contributed by atoms with Crippen LogP contribution in [0.5, 0.6) is 23.0 Å². The number of nitriles is 1. The number of methoxy groups -OCH3 is 3. The van der Waals surface area contributed by atoms with Gasteiger partial charge in [-0.1, -0.05) is 6.07 Å². The van der Waals surface area contributed by atoms with E-state index in [9.17, 15) is 10.1 Å². The van der Waals surface area contributed by atoms with Gasteiger partial charge in [0.1, 0.15) is 23.1 Å². The van der Waals surface area contributed by atoms with Crippen LogP contribution in [-0.4, -0.2) is 30.9 Å². The number of benzene rings is 1. The Balaban J connectivity index is 1.99. The summed E-state index contributed by atoms with van der Waals surface area (Å²) in [4.78, 5) is 18.2. The molecule has 4 rings (SSSR count). The average Bonchev–Trinajstić information content (AvgIpc) is 2.85. The Labute approximate surface area is 196 Å². The second kappa shape index (κ2) is 9.19. The fourth-order valence-electron chi connectivity index (χ4n) is 4.13. The Morgan fingerprint density at radius 1 is 1.12 bits per heavy atom. The normalized spacial score (nSPS) is 14.6. The van der Waals surface area contributed by atoms with Gasteiger partial charge >= 0.3 is 0 Å². The van der Waals surface area contributed by atoms with Crippen LogP contribution >= 0.6 is 0 Å². The number of rotatable bonds is 6. The minimum absolute atomic E-state index is 0.0712. The lowest BCUT2D eigenvalue weighted by molar-refractivity contribution is 0.346. The van der Waals surface area contributed by atoms with Crippen LogP contribution in [0.15, 0.2) is 58.8 Å². The number of aromatic nitrogens is 2. The Morgan fingerprint density at radius 2 is 1.82 bits per heavy atom. The van der Waals surface area contributed by atoms with Crippen LogP contribution in [0.2, 0.25) is 0 Å². The van der Waals surface area contributed by atoms with E-state index in [2.05, 4.69) is 11.1 Å². The lowest BCUT2D eigenvalue weighted by Gasteiger charge is -2.28. The van der Waals surface area contributed by atoms with Gasteiger partial charge in [0.2, 0.25) is 5.88 Å². The minimum atomic E-state index is -0.841. The molecule has 0 spiro atoms. The van der Waals surface area contributed by atoms with Gasteiger partial charge in [0.25, 0.3) is 5.56 Å². The molecule has 34 heavy (non-hydrogen) atoms. The van der Waals surface area contributed by atoms with Crippen LogP contribution in [0, 0.1) is 18.3 Å². The maximum atomic E-state index is 13.9. The van der Waals surface area contributed by atoms with Gasteiger partial charge in [-0.2, -0.15) is 5.26 Å². The van der Waals surface area contributed by atoms with E-state index in [1.54, 1.807) is 35.9 Å². The highest BCUT2D eigenvalue weighted by Crippen LogP contribution is 2.46. The molecular weight excluding hydrogens is 436 g/mol. The first-order valence-electron chi connectivity index (χ1n) is 10.4. The quantitative estimate of drug-likeness (QED) is 0.596. The summed E-state index contributed by atoms with van der Waals surface area (Å²) >= 11 is 0. The van der Waals surface area contributed by atoms with Gasteiger partial charge in [0, 0.05) is 29.6 Å². The van der Waals surface area contributed by atoms with Crippen molar-refractivity contribution in [1.29, 1.82) is 5.26 Å². The van der Waals surface area contributed by atoms with Gasteiger partial charge in [0.05, 0.1) is 45.0 Å². The molecular formula is C25H24N4O5. The van der Waals surface area contributed by atoms with Crippen molar-refractivity contribution in [2.24, 2.45) is 5.73 Å². The summed E-state index contributed by atoms with van der Waals surface area (Å²) < 4.78 is 23.8. The molecule has 0 aliphatic carbocycles. The molecule has 2 N–H and O–H groups in total. The third kappa shape index (κ3) is 3.79. The molecule has 1 aliphatic rings. The summed E-state index contributed by atoms with van der Waals surface area (Å²) in [6.45, 7) is 2.06. The van der Waals surface area contributed by atoms with Gasteiger partial charge in [-0.3, -0.25) is 9.78 Å². The van der Waals surface area contributed by atoms with Crippen molar-refractivity contribution in [3.05, 3.63) is 86.9 Å². The maximum absolute atomic E-state index is 13.9. The summed E-state index contributed by atoms with van der Waals surface area (Å²) in [6.07, 6.45) is 1.67. The largest absolute Gasteiger partial charge is 0.496 e. The van der Waals surface area contributed by atoms with Gasteiger partial charge in [-0.05, 0) is 25.1 Å². The molecule has 1 aliphatic heterocycles. The number of hydrogen-bond donors (Lipinski definition) is 1. The van der Waals surface area contributed by atoms with Crippen LogP contribution in [0.4, 0.5) is 0 Å². The molecule has 174 valence electrons. The standard InChI is InChI=1S/C25H24N4O5/c1-14-9-21-23(25(30)29(14)13-15-7-5-6-8-28-15)22(17(12-26)24(27)34-21)16-10-19(32-3)20(33-4)11-18(16)31-2/h5-11,22H,13,27H2,1-4H3/t22-/m0/s1. The van der Waals surface area contributed by atoms with Crippen molar-refractivity contribution >= 4 is 0 Å². The Hall–Kier alpha value is -4.45. The summed E-state index contributed by atoms with van der Waals surface area (Å²) in [5.41, 5.74) is 8.10. The van der Waals surface area contributed by atoms with E-state index in [1.807, 2.05) is 18.2 Å². The van der Waals surface area contributed by atoms with E-state index in [1.165, 1.54) is 21.3 Å². The monoisotopic (exact) mass is 460 g/mol. The number of nitrogens with two attached hydrogens (primary N) is 1.